The minimum Gasteiger partial charge on any atom is -0.314 e. The number of aromatic nitrogens is 1. The highest BCUT2D eigenvalue weighted by atomic mass is 35.5. The lowest BCUT2D eigenvalue weighted by Crippen LogP contribution is -2.56. The van der Waals surface area contributed by atoms with Gasteiger partial charge in [0.25, 0.3) is 0 Å². The van der Waals surface area contributed by atoms with Crippen LogP contribution in [0.15, 0.2) is 18.3 Å². The Morgan fingerprint density at radius 3 is 2.81 bits per heavy atom. The Balaban J connectivity index is 1.96. The molecule has 1 aromatic heterocycles. The number of pyridine rings is 1. The molecular formula is C12H18ClN3. The number of nitrogens with one attached hydrogen (secondary N) is 1. The van der Waals surface area contributed by atoms with Gasteiger partial charge in [0.2, 0.25) is 0 Å². The summed E-state index contributed by atoms with van der Waals surface area (Å²) in [6.07, 6.45) is 3.06. The highest BCUT2D eigenvalue weighted by Gasteiger charge is 2.23. The average Bonchev–Trinajstić information content (AvgIpc) is 2.19. The fraction of sp³-hybridized carbons (Fsp3) is 0.583. The topological polar surface area (TPSA) is 28.2 Å². The first kappa shape index (κ1) is 11.8. The van der Waals surface area contributed by atoms with Crippen molar-refractivity contribution in [2.45, 2.75) is 25.9 Å². The van der Waals surface area contributed by atoms with Crippen molar-refractivity contribution in [1.82, 2.24) is 15.2 Å². The Morgan fingerprint density at radius 1 is 1.50 bits per heavy atom. The van der Waals surface area contributed by atoms with E-state index >= 15 is 0 Å². The fourth-order valence-electron chi connectivity index (χ4n) is 1.94. The van der Waals surface area contributed by atoms with E-state index < -0.39 is 0 Å². The van der Waals surface area contributed by atoms with Crippen LogP contribution in [0.5, 0.6) is 0 Å². The zero-order chi connectivity index (χ0) is 11.4. The molecule has 0 aromatic carbocycles. The minimum atomic E-state index is 0.566. The van der Waals surface area contributed by atoms with E-state index in [1.54, 1.807) is 0 Å². The summed E-state index contributed by atoms with van der Waals surface area (Å²) in [5.74, 6) is 0. The summed E-state index contributed by atoms with van der Waals surface area (Å²) >= 11 is 5.78. The largest absolute Gasteiger partial charge is 0.314 e. The van der Waals surface area contributed by atoms with E-state index in [0.29, 0.717) is 11.2 Å². The lowest BCUT2D eigenvalue weighted by Gasteiger charge is -2.38. The second-order valence-corrected chi connectivity index (χ2v) is 4.66. The van der Waals surface area contributed by atoms with Gasteiger partial charge >= 0.3 is 0 Å². The zero-order valence-electron chi connectivity index (χ0n) is 9.62. The van der Waals surface area contributed by atoms with Crippen molar-refractivity contribution >= 4 is 11.6 Å². The van der Waals surface area contributed by atoms with Gasteiger partial charge in [-0.3, -0.25) is 4.90 Å². The molecule has 88 valence electrons. The van der Waals surface area contributed by atoms with Gasteiger partial charge in [-0.2, -0.15) is 0 Å². The van der Waals surface area contributed by atoms with E-state index in [0.717, 1.165) is 26.2 Å². The molecule has 1 aliphatic heterocycles. The molecule has 16 heavy (non-hydrogen) atoms. The van der Waals surface area contributed by atoms with Gasteiger partial charge < -0.3 is 5.32 Å². The minimum absolute atomic E-state index is 0.566. The van der Waals surface area contributed by atoms with Gasteiger partial charge in [-0.05, 0) is 24.6 Å². The standard InChI is InChI=1S/C12H18ClN3/c1-2-5-16(11-7-14-8-11)9-10-3-4-12(13)15-6-10/h3-4,6,11,14H,2,5,7-9H2,1H3. The molecule has 4 heteroatoms. The molecule has 0 spiro atoms. The van der Waals surface area contributed by atoms with Gasteiger partial charge in [-0.1, -0.05) is 24.6 Å². The summed E-state index contributed by atoms with van der Waals surface area (Å²) in [5.41, 5.74) is 1.24. The highest BCUT2D eigenvalue weighted by molar-refractivity contribution is 6.29. The summed E-state index contributed by atoms with van der Waals surface area (Å²) in [7, 11) is 0. The molecule has 0 bridgehead atoms. The van der Waals surface area contributed by atoms with E-state index in [1.807, 2.05) is 12.3 Å². The maximum atomic E-state index is 5.78. The summed E-state index contributed by atoms with van der Waals surface area (Å²) in [5, 5.41) is 3.88. The first-order valence-corrected chi connectivity index (χ1v) is 6.22. The molecule has 1 aliphatic rings. The number of rotatable bonds is 5. The average molecular weight is 240 g/mol. The number of halogens is 1. The number of nitrogens with zero attached hydrogens (tertiary/aromatic N) is 2. The second-order valence-electron chi connectivity index (χ2n) is 4.27. The monoisotopic (exact) mass is 239 g/mol. The maximum absolute atomic E-state index is 5.78. The van der Waals surface area contributed by atoms with Crippen LogP contribution in [0.3, 0.4) is 0 Å². The van der Waals surface area contributed by atoms with Crippen molar-refractivity contribution < 1.29 is 0 Å². The summed E-state index contributed by atoms with van der Waals surface area (Å²) in [6.45, 7) is 6.57. The van der Waals surface area contributed by atoms with Crippen LogP contribution in [0, 0.1) is 0 Å². The van der Waals surface area contributed by atoms with Gasteiger partial charge in [0.05, 0.1) is 0 Å². The molecule has 3 nitrogen and oxygen atoms in total. The summed E-state index contributed by atoms with van der Waals surface area (Å²) in [6, 6.07) is 4.61. The van der Waals surface area contributed by atoms with Crippen LogP contribution in [0.1, 0.15) is 18.9 Å². The Morgan fingerprint density at radius 2 is 2.31 bits per heavy atom. The van der Waals surface area contributed by atoms with Crippen molar-refractivity contribution in [3.63, 3.8) is 0 Å². The van der Waals surface area contributed by atoms with Crippen molar-refractivity contribution in [2.24, 2.45) is 0 Å². The highest BCUT2D eigenvalue weighted by Crippen LogP contribution is 2.13. The molecule has 1 N–H and O–H groups in total. The fourth-order valence-corrected chi connectivity index (χ4v) is 2.06. The molecule has 0 unspecified atom stereocenters. The van der Waals surface area contributed by atoms with E-state index in [9.17, 15) is 0 Å². The molecular weight excluding hydrogens is 222 g/mol. The SMILES string of the molecule is CCCN(Cc1ccc(Cl)nc1)C1CNC1. The van der Waals surface area contributed by atoms with E-state index in [2.05, 4.69) is 28.2 Å². The third-order valence-electron chi connectivity index (χ3n) is 2.96. The van der Waals surface area contributed by atoms with Crippen molar-refractivity contribution in [3.05, 3.63) is 29.0 Å². The Bertz CT molecular complexity index is 322. The van der Waals surface area contributed by atoms with Gasteiger partial charge in [0, 0.05) is 31.9 Å². The first-order valence-electron chi connectivity index (χ1n) is 5.85. The predicted octanol–water partition coefficient (Wildman–Crippen LogP) is 1.92. The Labute approximate surface area is 102 Å². The second kappa shape index (κ2) is 5.62. The smallest absolute Gasteiger partial charge is 0.129 e. The molecule has 2 rings (SSSR count). The molecule has 0 aliphatic carbocycles. The molecule has 0 saturated carbocycles. The van der Waals surface area contributed by atoms with Gasteiger partial charge in [-0.25, -0.2) is 4.98 Å². The normalized spacial score (nSPS) is 16.4. The van der Waals surface area contributed by atoms with Gasteiger partial charge in [0.1, 0.15) is 5.15 Å². The van der Waals surface area contributed by atoms with Crippen LogP contribution in [0.2, 0.25) is 5.15 Å². The van der Waals surface area contributed by atoms with Crippen molar-refractivity contribution in [3.8, 4) is 0 Å². The molecule has 0 radical (unpaired) electrons. The van der Waals surface area contributed by atoms with Crippen LogP contribution < -0.4 is 5.32 Å². The van der Waals surface area contributed by atoms with Crippen LogP contribution in [-0.4, -0.2) is 35.6 Å². The number of hydrogen-bond donors (Lipinski definition) is 1. The van der Waals surface area contributed by atoms with Crippen molar-refractivity contribution in [1.29, 1.82) is 0 Å². The quantitative estimate of drug-likeness (QED) is 0.796. The lowest BCUT2D eigenvalue weighted by atomic mass is 10.1. The van der Waals surface area contributed by atoms with Crippen LogP contribution in [0.25, 0.3) is 0 Å². The molecule has 0 atom stereocenters. The molecule has 2 heterocycles. The molecule has 0 amide bonds. The van der Waals surface area contributed by atoms with E-state index in [1.165, 1.54) is 12.0 Å². The van der Waals surface area contributed by atoms with Crippen LogP contribution >= 0.6 is 11.6 Å². The molecule has 1 fully saturated rings. The number of hydrogen-bond acceptors (Lipinski definition) is 3. The third kappa shape index (κ3) is 2.94. The predicted molar refractivity (Wildman–Crippen MR) is 66.6 cm³/mol. The maximum Gasteiger partial charge on any atom is 0.129 e. The van der Waals surface area contributed by atoms with E-state index in [-0.39, 0.29) is 0 Å². The van der Waals surface area contributed by atoms with E-state index in [4.69, 9.17) is 11.6 Å². The molecule has 1 aromatic rings. The summed E-state index contributed by atoms with van der Waals surface area (Å²) < 4.78 is 0. The first-order chi connectivity index (χ1) is 7.79. The van der Waals surface area contributed by atoms with Crippen LogP contribution in [0.4, 0.5) is 0 Å². The van der Waals surface area contributed by atoms with Gasteiger partial charge in [-0.15, -0.1) is 0 Å². The summed E-state index contributed by atoms with van der Waals surface area (Å²) in [4.78, 5) is 6.63. The van der Waals surface area contributed by atoms with Crippen LogP contribution in [-0.2, 0) is 6.54 Å². The Hall–Kier alpha value is -0.640. The van der Waals surface area contributed by atoms with Crippen molar-refractivity contribution in [2.75, 3.05) is 19.6 Å². The van der Waals surface area contributed by atoms with Gasteiger partial charge in [0.15, 0.2) is 0 Å². The molecule has 1 saturated heterocycles. The third-order valence-corrected chi connectivity index (χ3v) is 3.19. The zero-order valence-corrected chi connectivity index (χ0v) is 10.4. The lowest BCUT2D eigenvalue weighted by molar-refractivity contribution is 0.137. The Kier molecular flexibility index (Phi) is 4.16.